The topological polar surface area (TPSA) is 97.2 Å². The van der Waals surface area contributed by atoms with E-state index in [9.17, 15) is 19.1 Å². The minimum atomic E-state index is -1.24. The van der Waals surface area contributed by atoms with E-state index in [0.29, 0.717) is 40.6 Å². The van der Waals surface area contributed by atoms with Gasteiger partial charge >= 0.3 is 5.97 Å². The van der Waals surface area contributed by atoms with Crippen LogP contribution in [-0.4, -0.2) is 31.7 Å². The lowest BCUT2D eigenvalue weighted by Gasteiger charge is -2.20. The number of halogens is 2. The number of fused-ring (bicyclic) bond motifs is 2. The normalized spacial score (nSPS) is 13.1. The van der Waals surface area contributed by atoms with Crippen LogP contribution in [0.1, 0.15) is 53.1 Å². The molecule has 3 heterocycles. The first-order valence-corrected chi connectivity index (χ1v) is 12.3. The number of allylic oxidation sites excluding steroid dienone is 1. The second-order valence-corrected chi connectivity index (χ2v) is 9.76. The molecule has 0 aliphatic heterocycles. The quantitative estimate of drug-likeness (QED) is 0.305. The monoisotopic (exact) mass is 521 g/mol. The van der Waals surface area contributed by atoms with Gasteiger partial charge in [-0.3, -0.25) is 4.79 Å². The van der Waals surface area contributed by atoms with Crippen LogP contribution in [0.25, 0.3) is 28.1 Å². The first-order valence-electron chi connectivity index (χ1n) is 11.9. The third-order valence-corrected chi connectivity index (χ3v) is 6.78. The molecule has 37 heavy (non-hydrogen) atoms. The zero-order valence-corrected chi connectivity index (χ0v) is 21.3. The Bertz CT molecular complexity index is 1650. The summed E-state index contributed by atoms with van der Waals surface area (Å²) in [6, 6.07) is 7.96. The third kappa shape index (κ3) is 4.53. The molecule has 0 saturated heterocycles. The van der Waals surface area contributed by atoms with Gasteiger partial charge in [-0.15, -0.1) is 0 Å². The van der Waals surface area contributed by atoms with Crippen LogP contribution >= 0.6 is 11.6 Å². The number of nitrogens with zero attached hydrogens (tertiary/aromatic N) is 2. The van der Waals surface area contributed by atoms with Crippen molar-refractivity contribution in [3.63, 3.8) is 0 Å². The number of benzene rings is 1. The molecule has 4 aromatic rings. The standard InChI is InChI=1S/C28H25ClFN3O4/c1-14(2)37-18-7-6-16-10-17(26(29)32-22(16)11-18)13-33-23-12-21(30)15(3)9-20(23)24(25(33)28(35)36)19-5-4-8-31-27(19)34/h4-5,8-12,14H,6-7,13H2,1-3H3,(H,31,34)(H,35,36). The fraction of sp³-hybridized carbons (Fsp3) is 0.250. The predicted molar refractivity (Wildman–Crippen MR) is 141 cm³/mol. The van der Waals surface area contributed by atoms with Gasteiger partial charge in [-0.1, -0.05) is 11.6 Å². The number of H-pyrrole nitrogens is 1. The maximum atomic E-state index is 14.7. The number of aromatic amines is 1. The van der Waals surface area contributed by atoms with Crippen molar-refractivity contribution in [1.29, 1.82) is 0 Å². The molecule has 0 fully saturated rings. The number of rotatable bonds is 6. The highest BCUT2D eigenvalue weighted by molar-refractivity contribution is 6.30. The van der Waals surface area contributed by atoms with Gasteiger partial charge in [0.2, 0.25) is 0 Å². The van der Waals surface area contributed by atoms with Crippen LogP contribution in [0, 0.1) is 12.7 Å². The van der Waals surface area contributed by atoms with Crippen LogP contribution in [0.2, 0.25) is 5.15 Å². The Morgan fingerprint density at radius 1 is 1.30 bits per heavy atom. The van der Waals surface area contributed by atoms with Crippen LogP contribution < -0.4 is 5.56 Å². The van der Waals surface area contributed by atoms with Crippen LogP contribution in [0.4, 0.5) is 4.39 Å². The van der Waals surface area contributed by atoms with Gasteiger partial charge in [0.05, 0.1) is 29.6 Å². The lowest BCUT2D eigenvalue weighted by atomic mass is 9.99. The molecule has 0 radical (unpaired) electrons. The van der Waals surface area contributed by atoms with Gasteiger partial charge in [-0.05, 0) is 68.7 Å². The maximum Gasteiger partial charge on any atom is 0.353 e. The Hall–Kier alpha value is -3.91. The van der Waals surface area contributed by atoms with Crippen molar-refractivity contribution in [3.8, 4) is 11.1 Å². The Morgan fingerprint density at radius 3 is 2.78 bits per heavy atom. The smallest absolute Gasteiger partial charge is 0.353 e. The summed E-state index contributed by atoms with van der Waals surface area (Å²) in [6.45, 7) is 5.55. The predicted octanol–water partition coefficient (Wildman–Crippen LogP) is 5.95. The zero-order chi connectivity index (χ0) is 26.4. The molecule has 0 saturated carbocycles. The SMILES string of the molecule is Cc1cc2c(-c3ccc[nH]c3=O)c(C(=O)O)n(Cc3cc4c(nc3Cl)C=C(OC(C)C)CC4)c2cc1F. The Labute approximate surface area is 217 Å². The molecule has 0 bridgehead atoms. The molecule has 1 aliphatic rings. The molecule has 5 rings (SSSR count). The number of nitrogens with one attached hydrogen (secondary N) is 1. The molecule has 1 aromatic carbocycles. The number of aromatic nitrogens is 3. The van der Waals surface area contributed by atoms with Crippen LogP contribution in [0.5, 0.6) is 0 Å². The molecule has 3 aromatic heterocycles. The largest absolute Gasteiger partial charge is 0.495 e. The van der Waals surface area contributed by atoms with Crippen molar-refractivity contribution < 1.29 is 19.0 Å². The molecule has 190 valence electrons. The number of hydrogen-bond acceptors (Lipinski definition) is 4. The summed E-state index contributed by atoms with van der Waals surface area (Å²) >= 11 is 6.58. The van der Waals surface area contributed by atoms with E-state index >= 15 is 0 Å². The minimum Gasteiger partial charge on any atom is -0.495 e. The lowest BCUT2D eigenvalue weighted by molar-refractivity contribution is 0.0687. The number of carbonyl (C=O) groups is 1. The zero-order valence-electron chi connectivity index (χ0n) is 20.6. The van der Waals surface area contributed by atoms with E-state index in [1.165, 1.54) is 16.8 Å². The Kier molecular flexibility index (Phi) is 6.37. The van der Waals surface area contributed by atoms with Gasteiger partial charge in [0, 0.05) is 40.8 Å². The average Bonchev–Trinajstić information content (AvgIpc) is 3.13. The summed E-state index contributed by atoms with van der Waals surface area (Å²) in [4.78, 5) is 32.4. The van der Waals surface area contributed by atoms with Crippen molar-refractivity contribution in [2.45, 2.75) is 46.3 Å². The van der Waals surface area contributed by atoms with E-state index in [1.54, 1.807) is 25.1 Å². The van der Waals surface area contributed by atoms with Gasteiger partial charge in [-0.2, -0.15) is 0 Å². The summed E-state index contributed by atoms with van der Waals surface area (Å²) in [5.74, 6) is -0.880. The number of aromatic carboxylic acids is 1. The first-order chi connectivity index (χ1) is 17.6. The lowest BCUT2D eigenvalue weighted by Crippen LogP contribution is -2.14. The number of hydrogen-bond donors (Lipinski definition) is 2. The molecule has 2 N–H and O–H groups in total. The average molecular weight is 522 g/mol. The van der Waals surface area contributed by atoms with Crippen molar-refractivity contribution in [1.82, 2.24) is 14.5 Å². The molecule has 0 spiro atoms. The van der Waals surface area contributed by atoms with Crippen molar-refractivity contribution in [3.05, 3.63) is 91.7 Å². The number of pyridine rings is 2. The highest BCUT2D eigenvalue weighted by atomic mass is 35.5. The van der Waals surface area contributed by atoms with Crippen molar-refractivity contribution >= 4 is 34.5 Å². The van der Waals surface area contributed by atoms with E-state index < -0.39 is 17.3 Å². The Morgan fingerprint density at radius 2 is 2.08 bits per heavy atom. The fourth-order valence-corrected chi connectivity index (χ4v) is 5.04. The number of carboxylic acid groups (broad SMARTS) is 1. The number of aryl methyl sites for hydroxylation is 2. The van der Waals surface area contributed by atoms with E-state index in [1.807, 2.05) is 26.0 Å². The van der Waals surface area contributed by atoms with E-state index in [4.69, 9.17) is 16.3 Å². The molecule has 7 nitrogen and oxygen atoms in total. The van der Waals surface area contributed by atoms with E-state index in [0.717, 1.165) is 11.3 Å². The van der Waals surface area contributed by atoms with Crippen LogP contribution in [0.3, 0.4) is 0 Å². The highest BCUT2D eigenvalue weighted by Gasteiger charge is 2.27. The van der Waals surface area contributed by atoms with Gasteiger partial charge in [0.1, 0.15) is 16.7 Å². The van der Waals surface area contributed by atoms with Gasteiger partial charge in [0.15, 0.2) is 0 Å². The molecule has 9 heteroatoms. The van der Waals surface area contributed by atoms with Gasteiger partial charge in [0.25, 0.3) is 5.56 Å². The van der Waals surface area contributed by atoms with E-state index in [2.05, 4.69) is 9.97 Å². The molecule has 0 amide bonds. The van der Waals surface area contributed by atoms with Crippen LogP contribution in [0.15, 0.2) is 47.1 Å². The summed E-state index contributed by atoms with van der Waals surface area (Å²) in [5, 5.41) is 11.0. The van der Waals surface area contributed by atoms with Gasteiger partial charge in [-0.25, -0.2) is 14.2 Å². The van der Waals surface area contributed by atoms with Crippen molar-refractivity contribution in [2.24, 2.45) is 0 Å². The number of ether oxygens (including phenoxy) is 1. The second-order valence-electron chi connectivity index (χ2n) is 9.41. The minimum absolute atomic E-state index is 0.0313. The van der Waals surface area contributed by atoms with Crippen LogP contribution in [-0.2, 0) is 17.7 Å². The summed E-state index contributed by atoms with van der Waals surface area (Å²) in [7, 11) is 0. The van der Waals surface area contributed by atoms with Crippen molar-refractivity contribution in [2.75, 3.05) is 0 Å². The molecular weight excluding hydrogens is 497 g/mol. The molecular formula is C28H25ClFN3O4. The molecule has 0 atom stereocenters. The summed E-state index contributed by atoms with van der Waals surface area (Å²) in [5.41, 5.74) is 2.81. The third-order valence-electron chi connectivity index (χ3n) is 6.45. The van der Waals surface area contributed by atoms with Gasteiger partial charge < -0.3 is 19.4 Å². The second kappa shape index (κ2) is 9.52. The highest BCUT2D eigenvalue weighted by Crippen LogP contribution is 2.37. The molecule has 0 unspecified atom stereocenters. The summed E-state index contributed by atoms with van der Waals surface area (Å²) in [6.07, 6.45) is 4.81. The Balaban J connectivity index is 1.70. The fourth-order valence-electron chi connectivity index (χ4n) is 4.83. The molecule has 1 aliphatic carbocycles. The van der Waals surface area contributed by atoms with E-state index in [-0.39, 0.29) is 34.6 Å². The summed E-state index contributed by atoms with van der Waals surface area (Å²) < 4.78 is 22.1. The first kappa shape index (κ1) is 24.8. The number of carboxylic acids is 1. The maximum absolute atomic E-state index is 14.7.